The fraction of sp³-hybridized carbons (Fsp3) is 0.385. The first-order valence-electron chi connectivity index (χ1n) is 6.08. The first kappa shape index (κ1) is 13.0. The average molecular weight is 263 g/mol. The Morgan fingerprint density at radius 2 is 2.28 bits per heavy atom. The largest absolute Gasteiger partial charge is 0.330 e. The zero-order chi connectivity index (χ0) is 13.0. The van der Waals surface area contributed by atoms with Gasteiger partial charge in [-0.25, -0.2) is 4.98 Å². The van der Waals surface area contributed by atoms with Crippen LogP contribution in [0.5, 0.6) is 0 Å². The van der Waals surface area contributed by atoms with Crippen molar-refractivity contribution in [3.05, 3.63) is 24.3 Å². The summed E-state index contributed by atoms with van der Waals surface area (Å²) in [5.41, 5.74) is 6.51. The first-order valence-corrected chi connectivity index (χ1v) is 6.90. The normalized spacial score (nSPS) is 12.6. The molecule has 4 nitrogen and oxygen atoms in total. The highest BCUT2D eigenvalue weighted by Gasteiger charge is 2.12. The Bertz CT molecular complexity index is 501. The molecule has 0 aliphatic carbocycles. The Balaban J connectivity index is 2.02. The summed E-state index contributed by atoms with van der Waals surface area (Å²) in [6.45, 7) is 2.59. The molecule has 5 heteroatoms. The third kappa shape index (κ3) is 3.05. The molecular formula is C13H17N3OS. The van der Waals surface area contributed by atoms with E-state index in [9.17, 15) is 4.79 Å². The number of anilines is 1. The van der Waals surface area contributed by atoms with Gasteiger partial charge in [0, 0.05) is 6.42 Å². The van der Waals surface area contributed by atoms with E-state index in [1.807, 2.05) is 31.2 Å². The molecule has 2 aromatic rings. The Labute approximate surface area is 110 Å². The van der Waals surface area contributed by atoms with Crippen molar-refractivity contribution in [3.8, 4) is 0 Å². The van der Waals surface area contributed by atoms with E-state index in [0.717, 1.165) is 16.6 Å². The molecule has 1 atom stereocenters. The number of nitrogens with zero attached hydrogens (tertiary/aromatic N) is 1. The molecule has 0 saturated heterocycles. The zero-order valence-corrected chi connectivity index (χ0v) is 11.2. The Morgan fingerprint density at radius 1 is 1.50 bits per heavy atom. The van der Waals surface area contributed by atoms with E-state index in [-0.39, 0.29) is 11.8 Å². The van der Waals surface area contributed by atoms with E-state index >= 15 is 0 Å². The number of hydrogen-bond acceptors (Lipinski definition) is 4. The number of carbonyl (C=O) groups is 1. The van der Waals surface area contributed by atoms with Gasteiger partial charge in [0.25, 0.3) is 0 Å². The fourth-order valence-electron chi connectivity index (χ4n) is 1.75. The molecule has 2 rings (SSSR count). The van der Waals surface area contributed by atoms with Crippen LogP contribution in [0.3, 0.4) is 0 Å². The van der Waals surface area contributed by atoms with Gasteiger partial charge in [0.2, 0.25) is 5.91 Å². The van der Waals surface area contributed by atoms with Gasteiger partial charge in [-0.2, -0.15) is 0 Å². The third-order valence-corrected chi connectivity index (χ3v) is 3.88. The number of nitrogens with one attached hydrogen (secondary N) is 1. The summed E-state index contributed by atoms with van der Waals surface area (Å²) in [6.07, 6.45) is 1.38. The van der Waals surface area contributed by atoms with E-state index in [1.165, 1.54) is 11.3 Å². The van der Waals surface area contributed by atoms with Gasteiger partial charge in [0.15, 0.2) is 5.13 Å². The quantitative estimate of drug-likeness (QED) is 0.871. The van der Waals surface area contributed by atoms with Crippen LogP contribution in [0.25, 0.3) is 10.2 Å². The molecule has 0 aliphatic rings. The summed E-state index contributed by atoms with van der Waals surface area (Å²) < 4.78 is 1.08. The van der Waals surface area contributed by atoms with Gasteiger partial charge in [0.1, 0.15) is 0 Å². The molecular weight excluding hydrogens is 246 g/mol. The van der Waals surface area contributed by atoms with Gasteiger partial charge in [-0.15, -0.1) is 0 Å². The maximum atomic E-state index is 11.8. The second-order valence-electron chi connectivity index (χ2n) is 4.25. The highest BCUT2D eigenvalue weighted by molar-refractivity contribution is 7.22. The summed E-state index contributed by atoms with van der Waals surface area (Å²) in [6, 6.07) is 7.84. The number of para-hydroxylation sites is 1. The number of aromatic nitrogens is 1. The van der Waals surface area contributed by atoms with Crippen molar-refractivity contribution in [1.82, 2.24) is 4.98 Å². The monoisotopic (exact) mass is 263 g/mol. The summed E-state index contributed by atoms with van der Waals surface area (Å²) in [4.78, 5) is 16.2. The maximum absolute atomic E-state index is 11.8. The van der Waals surface area contributed by atoms with E-state index in [4.69, 9.17) is 5.73 Å². The second kappa shape index (κ2) is 5.93. The highest BCUT2D eigenvalue weighted by Crippen LogP contribution is 2.25. The van der Waals surface area contributed by atoms with Gasteiger partial charge in [-0.3, -0.25) is 4.79 Å². The minimum absolute atomic E-state index is 0.00800. The number of rotatable bonds is 5. The molecule has 0 saturated carbocycles. The van der Waals surface area contributed by atoms with Crippen LogP contribution in [0.2, 0.25) is 0 Å². The van der Waals surface area contributed by atoms with Crippen molar-refractivity contribution >= 4 is 32.6 Å². The number of amides is 1. The third-order valence-electron chi connectivity index (χ3n) is 2.92. The van der Waals surface area contributed by atoms with Crippen LogP contribution < -0.4 is 11.1 Å². The molecule has 1 unspecified atom stereocenters. The summed E-state index contributed by atoms with van der Waals surface area (Å²) in [5, 5.41) is 3.50. The molecule has 3 N–H and O–H groups in total. The molecule has 18 heavy (non-hydrogen) atoms. The zero-order valence-electron chi connectivity index (χ0n) is 10.3. The molecule has 0 aliphatic heterocycles. The standard InChI is InChI=1S/C13H17N3OS/c1-2-9(8-14)7-12(17)16-13-15-10-5-3-4-6-11(10)18-13/h3-6,9H,2,7-8,14H2,1H3,(H,15,16,17). The minimum atomic E-state index is -0.00800. The smallest absolute Gasteiger partial charge is 0.226 e. The van der Waals surface area contributed by atoms with Crippen molar-refractivity contribution in [3.63, 3.8) is 0 Å². The van der Waals surface area contributed by atoms with E-state index in [1.54, 1.807) is 0 Å². The number of thiazole rings is 1. The summed E-state index contributed by atoms with van der Waals surface area (Å²) >= 11 is 1.49. The van der Waals surface area contributed by atoms with Crippen molar-refractivity contribution in [2.45, 2.75) is 19.8 Å². The predicted octanol–water partition coefficient (Wildman–Crippen LogP) is 2.61. The van der Waals surface area contributed by atoms with Gasteiger partial charge in [-0.05, 0) is 24.6 Å². The van der Waals surface area contributed by atoms with Crippen LogP contribution in [0, 0.1) is 5.92 Å². The van der Waals surface area contributed by atoms with Crippen molar-refractivity contribution in [2.75, 3.05) is 11.9 Å². The van der Waals surface area contributed by atoms with Crippen LogP contribution in [0.1, 0.15) is 19.8 Å². The van der Waals surface area contributed by atoms with Gasteiger partial charge in [0.05, 0.1) is 10.2 Å². The van der Waals surface area contributed by atoms with Crippen molar-refractivity contribution in [1.29, 1.82) is 0 Å². The van der Waals surface area contributed by atoms with Crippen LogP contribution in [0.4, 0.5) is 5.13 Å². The maximum Gasteiger partial charge on any atom is 0.226 e. The lowest BCUT2D eigenvalue weighted by Crippen LogP contribution is -2.21. The van der Waals surface area contributed by atoms with Crippen molar-refractivity contribution < 1.29 is 4.79 Å². The topological polar surface area (TPSA) is 68.0 Å². The first-order chi connectivity index (χ1) is 8.72. The SMILES string of the molecule is CCC(CN)CC(=O)Nc1nc2ccccc2s1. The van der Waals surface area contributed by atoms with Crippen LogP contribution in [-0.2, 0) is 4.79 Å². The van der Waals surface area contributed by atoms with Crippen LogP contribution in [-0.4, -0.2) is 17.4 Å². The Kier molecular flexibility index (Phi) is 4.28. The lowest BCUT2D eigenvalue weighted by molar-refractivity contribution is -0.117. The number of hydrogen-bond donors (Lipinski definition) is 2. The Hall–Kier alpha value is -1.46. The number of benzene rings is 1. The van der Waals surface area contributed by atoms with Crippen LogP contribution in [0.15, 0.2) is 24.3 Å². The molecule has 0 bridgehead atoms. The van der Waals surface area contributed by atoms with E-state index < -0.39 is 0 Å². The fourth-order valence-corrected chi connectivity index (χ4v) is 2.63. The van der Waals surface area contributed by atoms with Crippen molar-refractivity contribution in [2.24, 2.45) is 11.7 Å². The average Bonchev–Trinajstić information content (AvgIpc) is 2.77. The van der Waals surface area contributed by atoms with Crippen LogP contribution >= 0.6 is 11.3 Å². The second-order valence-corrected chi connectivity index (χ2v) is 5.28. The van der Waals surface area contributed by atoms with E-state index in [2.05, 4.69) is 10.3 Å². The molecule has 0 radical (unpaired) electrons. The lowest BCUT2D eigenvalue weighted by atomic mass is 10.0. The molecule has 0 spiro atoms. The molecule has 96 valence electrons. The molecule has 1 heterocycles. The molecule has 1 amide bonds. The number of nitrogens with two attached hydrogens (primary N) is 1. The van der Waals surface area contributed by atoms with Gasteiger partial charge >= 0.3 is 0 Å². The van der Waals surface area contributed by atoms with Gasteiger partial charge in [-0.1, -0.05) is 36.8 Å². The molecule has 1 aromatic heterocycles. The summed E-state index contributed by atoms with van der Waals surface area (Å²) in [7, 11) is 0. The molecule has 1 aromatic carbocycles. The number of fused-ring (bicyclic) bond motifs is 1. The predicted molar refractivity (Wildman–Crippen MR) is 75.7 cm³/mol. The summed E-state index contributed by atoms with van der Waals surface area (Å²) in [5.74, 6) is 0.241. The number of carbonyl (C=O) groups excluding carboxylic acids is 1. The highest BCUT2D eigenvalue weighted by atomic mass is 32.1. The molecule has 0 fully saturated rings. The Morgan fingerprint density at radius 3 is 2.94 bits per heavy atom. The van der Waals surface area contributed by atoms with Gasteiger partial charge < -0.3 is 11.1 Å². The lowest BCUT2D eigenvalue weighted by Gasteiger charge is -2.10. The minimum Gasteiger partial charge on any atom is -0.330 e. The van der Waals surface area contributed by atoms with E-state index in [0.29, 0.717) is 18.1 Å².